The van der Waals surface area contributed by atoms with Gasteiger partial charge < -0.3 is 20.6 Å². The molecule has 7 heteroatoms. The molecule has 0 radical (unpaired) electrons. The van der Waals surface area contributed by atoms with Gasteiger partial charge in [-0.05, 0) is 6.92 Å². The Morgan fingerprint density at radius 1 is 1.25 bits per heavy atom. The molecule has 0 aromatic carbocycles. The maximum Gasteiger partial charge on any atom is 0.323 e. The molecule has 1 fully saturated rings. The Hall–Kier alpha value is -1.18. The predicted octanol–water partition coefficient (Wildman–Crippen LogP) is -2.78. The number of imide groups is 1. The highest BCUT2D eigenvalue weighted by molar-refractivity contribution is 6.01. The maximum atomic E-state index is 10.7. The van der Waals surface area contributed by atoms with Crippen molar-refractivity contribution in [2.75, 3.05) is 0 Å². The van der Waals surface area contributed by atoms with E-state index in [-0.39, 0.29) is 0 Å². The molecule has 12 heavy (non-hydrogen) atoms. The van der Waals surface area contributed by atoms with Gasteiger partial charge in [0.2, 0.25) is 5.72 Å². The number of nitrogens with one attached hydrogen (secondary N) is 2. The van der Waals surface area contributed by atoms with E-state index in [1.54, 1.807) is 10.6 Å². The zero-order chi connectivity index (χ0) is 9.57. The summed E-state index contributed by atoms with van der Waals surface area (Å²) in [5.74, 6) is -4.38. The molecule has 0 saturated carbocycles. The first-order valence-corrected chi connectivity index (χ1v) is 3.08. The van der Waals surface area contributed by atoms with E-state index in [9.17, 15) is 9.59 Å². The second kappa shape index (κ2) is 2.16. The van der Waals surface area contributed by atoms with Crippen LogP contribution in [0.4, 0.5) is 4.79 Å². The van der Waals surface area contributed by atoms with E-state index in [1.807, 2.05) is 0 Å². The van der Waals surface area contributed by atoms with Gasteiger partial charge in [-0.3, -0.25) is 10.1 Å². The lowest BCUT2D eigenvalue weighted by molar-refractivity contribution is -0.264. The zero-order valence-corrected chi connectivity index (χ0v) is 6.16. The van der Waals surface area contributed by atoms with Gasteiger partial charge in [-0.1, -0.05) is 0 Å². The van der Waals surface area contributed by atoms with Crippen LogP contribution in [0.3, 0.4) is 0 Å². The topological polar surface area (TPSA) is 119 Å². The smallest absolute Gasteiger partial charge is 0.323 e. The van der Waals surface area contributed by atoms with Crippen LogP contribution in [0.15, 0.2) is 0 Å². The molecule has 5 N–H and O–H groups in total. The monoisotopic (exact) mass is 176 g/mol. The van der Waals surface area contributed by atoms with E-state index in [0.717, 1.165) is 6.92 Å². The van der Waals surface area contributed by atoms with Crippen LogP contribution in [0.5, 0.6) is 0 Å². The van der Waals surface area contributed by atoms with Gasteiger partial charge in [0, 0.05) is 0 Å². The molecule has 1 heterocycles. The van der Waals surface area contributed by atoms with E-state index >= 15 is 0 Å². The summed E-state index contributed by atoms with van der Waals surface area (Å²) in [6.45, 7) is 0.893. The maximum absolute atomic E-state index is 10.7. The number of hydrogen-bond acceptors (Lipinski definition) is 5. The number of urea groups is 1. The number of carbonyl (C=O) groups is 2. The minimum Gasteiger partial charge on any atom is -0.366 e. The highest BCUT2D eigenvalue weighted by Gasteiger charge is 2.56. The van der Waals surface area contributed by atoms with Crippen LogP contribution >= 0.6 is 0 Å². The second-order valence-electron chi connectivity index (χ2n) is 2.65. The van der Waals surface area contributed by atoms with Gasteiger partial charge in [-0.2, -0.15) is 0 Å². The molecule has 1 rings (SSSR count). The first-order chi connectivity index (χ1) is 5.27. The number of hydrogen-bond donors (Lipinski definition) is 5. The molecule has 1 atom stereocenters. The Bertz CT molecular complexity index is 246. The average molecular weight is 176 g/mol. The van der Waals surface area contributed by atoms with E-state index in [1.165, 1.54) is 0 Å². The van der Waals surface area contributed by atoms with Crippen LogP contribution in [-0.4, -0.2) is 38.8 Å². The second-order valence-corrected chi connectivity index (χ2v) is 2.65. The molecule has 1 unspecified atom stereocenters. The number of carbonyl (C=O) groups excluding carboxylic acids is 2. The van der Waals surface area contributed by atoms with Crippen molar-refractivity contribution in [1.29, 1.82) is 0 Å². The third kappa shape index (κ3) is 1.04. The Labute approximate surface area is 67.0 Å². The molecular weight excluding hydrogens is 168 g/mol. The highest BCUT2D eigenvalue weighted by Crippen LogP contribution is 2.19. The van der Waals surface area contributed by atoms with Crippen LogP contribution in [0, 0.1) is 0 Å². The minimum absolute atomic E-state index is 0.893. The summed E-state index contributed by atoms with van der Waals surface area (Å²) in [7, 11) is 0. The Morgan fingerprint density at radius 3 is 2.17 bits per heavy atom. The molecule has 3 amide bonds. The SMILES string of the molecule is CC1(O)NC(=O)NC(=O)C1(O)O. The lowest BCUT2D eigenvalue weighted by Gasteiger charge is -2.38. The fraction of sp³-hybridized carbons (Fsp3) is 0.600. The number of rotatable bonds is 0. The summed E-state index contributed by atoms with van der Waals surface area (Å²) in [6, 6.07) is -0.983. The van der Waals surface area contributed by atoms with Gasteiger partial charge in [0.25, 0.3) is 11.7 Å². The van der Waals surface area contributed by atoms with E-state index in [4.69, 9.17) is 15.3 Å². The molecule has 1 saturated heterocycles. The Morgan fingerprint density at radius 2 is 1.75 bits per heavy atom. The molecule has 1 aliphatic heterocycles. The molecular formula is C5H8N2O5. The number of aliphatic hydroxyl groups is 3. The largest absolute Gasteiger partial charge is 0.366 e. The van der Waals surface area contributed by atoms with E-state index in [0.29, 0.717) is 0 Å². The van der Waals surface area contributed by atoms with Crippen LogP contribution < -0.4 is 10.6 Å². The normalized spacial score (nSPS) is 34.0. The molecule has 0 aliphatic carbocycles. The van der Waals surface area contributed by atoms with Crippen LogP contribution in [-0.2, 0) is 4.79 Å². The van der Waals surface area contributed by atoms with Gasteiger partial charge in [0.05, 0.1) is 0 Å². The lowest BCUT2D eigenvalue weighted by atomic mass is 10.0. The predicted molar refractivity (Wildman–Crippen MR) is 34.5 cm³/mol. The zero-order valence-electron chi connectivity index (χ0n) is 6.16. The summed E-state index contributed by atoms with van der Waals surface area (Å²) in [6.07, 6.45) is 0. The van der Waals surface area contributed by atoms with Crippen molar-refractivity contribution in [3.05, 3.63) is 0 Å². The van der Waals surface area contributed by atoms with Crippen molar-refractivity contribution in [2.24, 2.45) is 0 Å². The Balaban J connectivity index is 3.02. The minimum atomic E-state index is -3.01. The summed E-state index contributed by atoms with van der Waals surface area (Å²) in [4.78, 5) is 21.3. The third-order valence-electron chi connectivity index (χ3n) is 1.58. The molecule has 0 aromatic rings. The standard InChI is InChI=1S/C5H8N2O5/c1-4(10)5(11,12)2(8)6-3(9)7-4/h10-12H,1H3,(H2,6,7,8,9). The van der Waals surface area contributed by atoms with Crippen molar-refractivity contribution in [1.82, 2.24) is 10.6 Å². The van der Waals surface area contributed by atoms with Crippen molar-refractivity contribution in [3.8, 4) is 0 Å². The van der Waals surface area contributed by atoms with E-state index in [2.05, 4.69) is 0 Å². The van der Waals surface area contributed by atoms with Gasteiger partial charge in [-0.25, -0.2) is 4.79 Å². The van der Waals surface area contributed by atoms with Crippen LogP contribution in [0.25, 0.3) is 0 Å². The van der Waals surface area contributed by atoms with Crippen molar-refractivity contribution >= 4 is 11.9 Å². The van der Waals surface area contributed by atoms with Crippen molar-refractivity contribution < 1.29 is 24.9 Å². The third-order valence-corrected chi connectivity index (χ3v) is 1.58. The molecule has 1 aliphatic rings. The van der Waals surface area contributed by atoms with Gasteiger partial charge in [0.15, 0.2) is 0 Å². The average Bonchev–Trinajstić information content (AvgIpc) is 1.82. The lowest BCUT2D eigenvalue weighted by Crippen LogP contribution is -2.75. The van der Waals surface area contributed by atoms with Crippen LogP contribution in [0.1, 0.15) is 6.92 Å². The first kappa shape index (κ1) is 8.91. The molecule has 0 aromatic heterocycles. The van der Waals surface area contributed by atoms with Gasteiger partial charge in [-0.15, -0.1) is 0 Å². The highest BCUT2D eigenvalue weighted by atomic mass is 16.5. The molecule has 0 spiro atoms. The summed E-state index contributed by atoms with van der Waals surface area (Å²) < 4.78 is 0. The van der Waals surface area contributed by atoms with Crippen molar-refractivity contribution in [3.63, 3.8) is 0 Å². The Kier molecular flexibility index (Phi) is 1.60. The van der Waals surface area contributed by atoms with Crippen molar-refractivity contribution in [2.45, 2.75) is 18.4 Å². The summed E-state index contributed by atoms with van der Waals surface area (Å²) in [5, 5.41) is 30.4. The first-order valence-electron chi connectivity index (χ1n) is 3.08. The van der Waals surface area contributed by atoms with Gasteiger partial charge in [0.1, 0.15) is 0 Å². The summed E-state index contributed by atoms with van der Waals surface area (Å²) in [5.41, 5.74) is -2.38. The number of amides is 3. The molecule has 0 bridgehead atoms. The fourth-order valence-corrected chi connectivity index (χ4v) is 0.751. The van der Waals surface area contributed by atoms with E-state index < -0.39 is 23.5 Å². The van der Waals surface area contributed by atoms with Gasteiger partial charge >= 0.3 is 6.03 Å². The summed E-state index contributed by atoms with van der Waals surface area (Å²) >= 11 is 0. The van der Waals surface area contributed by atoms with Crippen LogP contribution in [0.2, 0.25) is 0 Å². The molecule has 7 nitrogen and oxygen atoms in total. The quantitative estimate of drug-likeness (QED) is 0.256. The fourth-order valence-electron chi connectivity index (χ4n) is 0.751. The molecule has 68 valence electrons.